The number of nitrogens with one attached hydrogen (secondary N) is 2. The molecule has 2 amide bonds. The van der Waals surface area contributed by atoms with Crippen molar-refractivity contribution < 1.29 is 19.5 Å². The van der Waals surface area contributed by atoms with Crippen molar-refractivity contribution in [1.29, 1.82) is 0 Å². The van der Waals surface area contributed by atoms with Gasteiger partial charge < -0.3 is 15.7 Å². The summed E-state index contributed by atoms with van der Waals surface area (Å²) in [6.07, 6.45) is 6.10. The van der Waals surface area contributed by atoms with Crippen molar-refractivity contribution in [3.05, 3.63) is 35.9 Å². The fourth-order valence-electron chi connectivity index (χ4n) is 3.19. The van der Waals surface area contributed by atoms with Crippen molar-refractivity contribution >= 4 is 17.8 Å². The van der Waals surface area contributed by atoms with E-state index in [0.717, 1.165) is 25.7 Å². The van der Waals surface area contributed by atoms with Crippen LogP contribution in [0.15, 0.2) is 30.3 Å². The van der Waals surface area contributed by atoms with Gasteiger partial charge in [0, 0.05) is 5.56 Å². The highest BCUT2D eigenvalue weighted by atomic mass is 16.4. The molecule has 1 saturated carbocycles. The first-order chi connectivity index (χ1) is 12.0. The lowest BCUT2D eigenvalue weighted by atomic mass is 9.84. The second kappa shape index (κ2) is 9.20. The van der Waals surface area contributed by atoms with E-state index in [4.69, 9.17) is 5.11 Å². The highest BCUT2D eigenvalue weighted by Gasteiger charge is 2.28. The second-order valence-electron chi connectivity index (χ2n) is 6.70. The zero-order chi connectivity index (χ0) is 18.2. The Morgan fingerprint density at radius 3 is 2.32 bits per heavy atom. The number of benzene rings is 1. The Bertz CT molecular complexity index is 597. The van der Waals surface area contributed by atoms with Crippen LogP contribution >= 0.6 is 0 Å². The SMILES string of the molecule is C[C@H](NC(=O)[C@H](CC1CCCCC1)NC(=O)c1ccccc1)C(=O)O. The highest BCUT2D eigenvalue weighted by molar-refractivity contribution is 5.98. The van der Waals surface area contributed by atoms with Crippen LogP contribution in [-0.2, 0) is 9.59 Å². The summed E-state index contributed by atoms with van der Waals surface area (Å²) >= 11 is 0. The smallest absolute Gasteiger partial charge is 0.325 e. The summed E-state index contributed by atoms with van der Waals surface area (Å²) in [4.78, 5) is 35.9. The number of aliphatic carboxylic acids is 1. The molecule has 1 aromatic carbocycles. The second-order valence-corrected chi connectivity index (χ2v) is 6.70. The van der Waals surface area contributed by atoms with Gasteiger partial charge in [-0.3, -0.25) is 14.4 Å². The van der Waals surface area contributed by atoms with Gasteiger partial charge in [-0.15, -0.1) is 0 Å². The predicted molar refractivity (Wildman–Crippen MR) is 94.1 cm³/mol. The molecule has 0 spiro atoms. The average molecular weight is 346 g/mol. The Morgan fingerprint density at radius 2 is 1.72 bits per heavy atom. The van der Waals surface area contributed by atoms with Gasteiger partial charge >= 0.3 is 5.97 Å². The molecule has 0 saturated heterocycles. The molecule has 0 bridgehead atoms. The lowest BCUT2D eigenvalue weighted by molar-refractivity contribution is -0.141. The van der Waals surface area contributed by atoms with Crippen LogP contribution in [0.4, 0.5) is 0 Å². The van der Waals surface area contributed by atoms with Gasteiger partial charge in [0.1, 0.15) is 12.1 Å². The van der Waals surface area contributed by atoms with Gasteiger partial charge in [-0.25, -0.2) is 0 Å². The number of carboxylic acids is 1. The topological polar surface area (TPSA) is 95.5 Å². The van der Waals surface area contributed by atoms with Crippen LogP contribution in [-0.4, -0.2) is 35.0 Å². The molecule has 2 atom stereocenters. The highest BCUT2D eigenvalue weighted by Crippen LogP contribution is 2.27. The molecule has 1 fully saturated rings. The fourth-order valence-corrected chi connectivity index (χ4v) is 3.19. The third-order valence-corrected chi connectivity index (χ3v) is 4.68. The number of carbonyl (C=O) groups excluding carboxylic acids is 2. The molecule has 1 aromatic rings. The summed E-state index contributed by atoms with van der Waals surface area (Å²) in [6, 6.07) is 7.00. The molecule has 6 nitrogen and oxygen atoms in total. The summed E-state index contributed by atoms with van der Waals surface area (Å²) < 4.78 is 0. The first kappa shape index (κ1) is 19.0. The zero-order valence-corrected chi connectivity index (χ0v) is 14.5. The van der Waals surface area contributed by atoms with E-state index in [2.05, 4.69) is 10.6 Å². The van der Waals surface area contributed by atoms with Crippen molar-refractivity contribution in [2.45, 2.75) is 57.5 Å². The molecule has 0 aromatic heterocycles. The van der Waals surface area contributed by atoms with Crippen molar-refractivity contribution in [2.75, 3.05) is 0 Å². The summed E-state index contributed by atoms with van der Waals surface area (Å²) in [5, 5.41) is 14.2. The molecule has 1 aliphatic rings. The van der Waals surface area contributed by atoms with E-state index in [1.54, 1.807) is 24.3 Å². The predicted octanol–water partition coefficient (Wildman–Crippen LogP) is 2.34. The maximum absolute atomic E-state index is 12.5. The number of hydrogen-bond donors (Lipinski definition) is 3. The maximum Gasteiger partial charge on any atom is 0.325 e. The molecular formula is C19H26N2O4. The number of hydrogen-bond acceptors (Lipinski definition) is 3. The largest absolute Gasteiger partial charge is 0.480 e. The molecule has 136 valence electrons. The standard InChI is InChI=1S/C19H26N2O4/c1-13(19(24)25)20-18(23)16(12-14-8-4-2-5-9-14)21-17(22)15-10-6-3-7-11-15/h3,6-7,10-11,13-14,16H,2,4-5,8-9,12H2,1H3,(H,20,23)(H,21,22)(H,24,25)/t13-,16-/m0/s1. The molecule has 1 aliphatic carbocycles. The third-order valence-electron chi connectivity index (χ3n) is 4.68. The Hall–Kier alpha value is -2.37. The van der Waals surface area contributed by atoms with Crippen LogP contribution in [0.2, 0.25) is 0 Å². The molecule has 2 rings (SSSR count). The molecule has 3 N–H and O–H groups in total. The number of carbonyl (C=O) groups is 3. The molecule has 0 radical (unpaired) electrons. The Balaban J connectivity index is 2.06. The van der Waals surface area contributed by atoms with Gasteiger partial charge in [-0.05, 0) is 31.4 Å². The van der Waals surface area contributed by atoms with Gasteiger partial charge in [0.25, 0.3) is 5.91 Å². The van der Waals surface area contributed by atoms with E-state index < -0.39 is 24.0 Å². The summed E-state index contributed by atoms with van der Waals surface area (Å²) in [5.41, 5.74) is 0.482. The van der Waals surface area contributed by atoms with Crippen LogP contribution in [0.5, 0.6) is 0 Å². The first-order valence-electron chi connectivity index (χ1n) is 8.86. The first-order valence-corrected chi connectivity index (χ1v) is 8.86. The third kappa shape index (κ3) is 5.89. The lowest BCUT2D eigenvalue weighted by Gasteiger charge is -2.27. The lowest BCUT2D eigenvalue weighted by Crippen LogP contribution is -2.51. The van der Waals surface area contributed by atoms with Gasteiger partial charge in [0.2, 0.25) is 5.91 Å². The van der Waals surface area contributed by atoms with E-state index in [0.29, 0.717) is 17.9 Å². The maximum atomic E-state index is 12.5. The minimum atomic E-state index is -1.10. The molecule has 0 heterocycles. The molecular weight excluding hydrogens is 320 g/mol. The summed E-state index contributed by atoms with van der Waals surface area (Å²) in [7, 11) is 0. The minimum absolute atomic E-state index is 0.320. The van der Waals surface area contributed by atoms with Gasteiger partial charge in [0.05, 0.1) is 0 Å². The molecule has 0 unspecified atom stereocenters. The zero-order valence-electron chi connectivity index (χ0n) is 14.5. The Morgan fingerprint density at radius 1 is 1.08 bits per heavy atom. The van der Waals surface area contributed by atoms with Gasteiger partial charge in [0.15, 0.2) is 0 Å². The fraction of sp³-hybridized carbons (Fsp3) is 0.526. The Kier molecular flexibility index (Phi) is 6.98. The van der Waals surface area contributed by atoms with Crippen LogP contribution in [0.25, 0.3) is 0 Å². The molecule has 6 heteroatoms. The van der Waals surface area contributed by atoms with Crippen LogP contribution in [0, 0.1) is 5.92 Å². The Labute approximate surface area is 148 Å². The van der Waals surface area contributed by atoms with Crippen molar-refractivity contribution in [2.24, 2.45) is 5.92 Å². The monoisotopic (exact) mass is 346 g/mol. The number of amides is 2. The average Bonchev–Trinajstić information content (AvgIpc) is 2.62. The number of carboxylic acid groups (broad SMARTS) is 1. The molecule has 0 aliphatic heterocycles. The summed E-state index contributed by atoms with van der Waals surface area (Å²) in [5.74, 6) is -1.48. The molecule has 25 heavy (non-hydrogen) atoms. The quantitative estimate of drug-likeness (QED) is 0.706. The van der Waals surface area contributed by atoms with E-state index in [1.807, 2.05) is 6.07 Å². The van der Waals surface area contributed by atoms with Crippen LogP contribution < -0.4 is 10.6 Å². The van der Waals surface area contributed by atoms with Crippen LogP contribution in [0.1, 0.15) is 55.8 Å². The van der Waals surface area contributed by atoms with E-state index in [1.165, 1.54) is 13.3 Å². The number of rotatable bonds is 7. The summed E-state index contributed by atoms with van der Waals surface area (Å²) in [6.45, 7) is 1.41. The van der Waals surface area contributed by atoms with Gasteiger partial charge in [-0.1, -0.05) is 50.3 Å². The van der Waals surface area contributed by atoms with Crippen molar-refractivity contribution in [1.82, 2.24) is 10.6 Å². The van der Waals surface area contributed by atoms with Gasteiger partial charge in [-0.2, -0.15) is 0 Å². The minimum Gasteiger partial charge on any atom is -0.480 e. The van der Waals surface area contributed by atoms with Crippen LogP contribution in [0.3, 0.4) is 0 Å². The van der Waals surface area contributed by atoms with Crippen molar-refractivity contribution in [3.8, 4) is 0 Å². The van der Waals surface area contributed by atoms with E-state index in [-0.39, 0.29) is 5.91 Å². The van der Waals surface area contributed by atoms with Crippen molar-refractivity contribution in [3.63, 3.8) is 0 Å². The normalized spacial score (nSPS) is 17.3. The van der Waals surface area contributed by atoms with E-state index >= 15 is 0 Å². The van der Waals surface area contributed by atoms with E-state index in [9.17, 15) is 14.4 Å².